The summed E-state index contributed by atoms with van der Waals surface area (Å²) in [6.45, 7) is 4.15. The first kappa shape index (κ1) is 13.5. The molecule has 4 heteroatoms. The van der Waals surface area contributed by atoms with Gasteiger partial charge in [0, 0.05) is 11.6 Å². The van der Waals surface area contributed by atoms with E-state index < -0.39 is 5.97 Å². The van der Waals surface area contributed by atoms with Crippen molar-refractivity contribution in [1.29, 1.82) is 0 Å². The second-order valence-electron chi connectivity index (χ2n) is 5.28. The van der Waals surface area contributed by atoms with Crippen LogP contribution in [-0.2, 0) is 4.79 Å². The fourth-order valence-electron chi connectivity index (χ4n) is 2.82. The topological polar surface area (TPSA) is 69.6 Å². The van der Waals surface area contributed by atoms with Gasteiger partial charge in [-0.1, -0.05) is 19.8 Å². The number of hydrogen-bond donors (Lipinski definition) is 3. The van der Waals surface area contributed by atoms with Crippen LogP contribution in [0.4, 0.5) is 0 Å². The minimum absolute atomic E-state index is 0.0880. The van der Waals surface area contributed by atoms with E-state index in [0.717, 1.165) is 19.3 Å². The monoisotopic (exact) mass is 229 g/mol. The van der Waals surface area contributed by atoms with Crippen LogP contribution in [0.3, 0.4) is 0 Å². The summed E-state index contributed by atoms with van der Waals surface area (Å²) in [4.78, 5) is 10.6. The van der Waals surface area contributed by atoms with E-state index in [4.69, 9.17) is 5.11 Å². The Kier molecular flexibility index (Phi) is 4.74. The van der Waals surface area contributed by atoms with Crippen LogP contribution in [0, 0.1) is 5.92 Å². The van der Waals surface area contributed by atoms with Gasteiger partial charge in [0.2, 0.25) is 0 Å². The Morgan fingerprint density at radius 2 is 2.31 bits per heavy atom. The number of carboxylic acids is 1. The molecule has 3 N–H and O–H groups in total. The van der Waals surface area contributed by atoms with Gasteiger partial charge >= 0.3 is 5.97 Å². The van der Waals surface area contributed by atoms with Crippen molar-refractivity contribution in [2.75, 3.05) is 6.61 Å². The molecule has 0 aromatic carbocycles. The lowest BCUT2D eigenvalue weighted by Gasteiger charge is -2.41. The highest BCUT2D eigenvalue weighted by molar-refractivity contribution is 5.67. The van der Waals surface area contributed by atoms with Crippen LogP contribution in [0.25, 0.3) is 0 Å². The molecule has 1 saturated carbocycles. The maximum Gasteiger partial charge on any atom is 0.304 e. The minimum atomic E-state index is -0.794. The third-order valence-corrected chi connectivity index (χ3v) is 3.43. The molecule has 0 amide bonds. The van der Waals surface area contributed by atoms with Gasteiger partial charge in [0.1, 0.15) is 0 Å². The maximum absolute atomic E-state index is 10.6. The van der Waals surface area contributed by atoms with Gasteiger partial charge in [-0.2, -0.15) is 0 Å². The Bertz CT molecular complexity index is 244. The largest absolute Gasteiger partial charge is 0.481 e. The molecule has 0 aromatic rings. The molecule has 0 bridgehead atoms. The molecule has 0 aromatic heterocycles. The number of hydrogen-bond acceptors (Lipinski definition) is 3. The second-order valence-corrected chi connectivity index (χ2v) is 5.28. The number of rotatable bonds is 5. The fraction of sp³-hybridized carbons (Fsp3) is 0.917. The van der Waals surface area contributed by atoms with Crippen molar-refractivity contribution in [1.82, 2.24) is 5.32 Å². The fourth-order valence-corrected chi connectivity index (χ4v) is 2.82. The molecule has 0 spiro atoms. The summed E-state index contributed by atoms with van der Waals surface area (Å²) in [5.41, 5.74) is -0.257. The first-order valence-corrected chi connectivity index (χ1v) is 6.08. The van der Waals surface area contributed by atoms with E-state index in [1.165, 1.54) is 6.42 Å². The smallest absolute Gasteiger partial charge is 0.304 e. The molecule has 3 unspecified atom stereocenters. The predicted molar refractivity (Wildman–Crippen MR) is 62.3 cm³/mol. The van der Waals surface area contributed by atoms with Crippen molar-refractivity contribution in [3.8, 4) is 0 Å². The number of aliphatic carboxylic acids is 1. The highest BCUT2D eigenvalue weighted by atomic mass is 16.4. The predicted octanol–water partition coefficient (Wildman–Crippen LogP) is 1.38. The summed E-state index contributed by atoms with van der Waals surface area (Å²) in [7, 11) is 0. The quantitative estimate of drug-likeness (QED) is 0.666. The zero-order valence-corrected chi connectivity index (χ0v) is 10.2. The van der Waals surface area contributed by atoms with Crippen LogP contribution in [0.15, 0.2) is 0 Å². The lowest BCUT2D eigenvalue weighted by molar-refractivity contribution is -0.137. The summed E-state index contributed by atoms with van der Waals surface area (Å²) < 4.78 is 0. The third kappa shape index (κ3) is 3.76. The Morgan fingerprint density at radius 1 is 1.62 bits per heavy atom. The lowest BCUT2D eigenvalue weighted by Crippen LogP contribution is -2.55. The van der Waals surface area contributed by atoms with E-state index in [9.17, 15) is 9.90 Å². The third-order valence-electron chi connectivity index (χ3n) is 3.43. The van der Waals surface area contributed by atoms with E-state index in [-0.39, 0.29) is 24.6 Å². The van der Waals surface area contributed by atoms with Crippen molar-refractivity contribution < 1.29 is 15.0 Å². The van der Waals surface area contributed by atoms with E-state index in [1.54, 1.807) is 0 Å². The highest BCUT2D eigenvalue weighted by Gasteiger charge is 2.35. The molecule has 1 fully saturated rings. The molecule has 4 nitrogen and oxygen atoms in total. The summed E-state index contributed by atoms with van der Waals surface area (Å²) in [5, 5.41) is 21.6. The molecule has 94 valence electrons. The normalized spacial score (nSPS) is 32.3. The zero-order chi connectivity index (χ0) is 12.2. The Hall–Kier alpha value is -0.610. The van der Waals surface area contributed by atoms with Gasteiger partial charge < -0.3 is 15.5 Å². The number of carbonyl (C=O) groups is 1. The standard InChI is InChI=1S/C12H23NO3/c1-9-4-3-5-12(7-9,8-14)13-10(2)6-11(15)16/h9-10,13-14H,3-8H2,1-2H3,(H,15,16). The van der Waals surface area contributed by atoms with E-state index in [1.807, 2.05) is 6.92 Å². The minimum Gasteiger partial charge on any atom is -0.481 e. The summed E-state index contributed by atoms with van der Waals surface area (Å²) in [6, 6.07) is -0.0880. The number of aliphatic hydroxyl groups excluding tert-OH is 1. The van der Waals surface area contributed by atoms with E-state index in [2.05, 4.69) is 12.2 Å². The molecule has 0 aliphatic heterocycles. The van der Waals surface area contributed by atoms with E-state index in [0.29, 0.717) is 5.92 Å². The van der Waals surface area contributed by atoms with Crippen molar-refractivity contribution in [3.63, 3.8) is 0 Å². The van der Waals surface area contributed by atoms with Crippen molar-refractivity contribution in [2.45, 2.75) is 57.5 Å². The van der Waals surface area contributed by atoms with Crippen molar-refractivity contribution in [3.05, 3.63) is 0 Å². The van der Waals surface area contributed by atoms with Gasteiger partial charge in [-0.05, 0) is 25.7 Å². The first-order valence-electron chi connectivity index (χ1n) is 6.08. The van der Waals surface area contributed by atoms with Gasteiger partial charge in [0.05, 0.1) is 13.0 Å². The SMILES string of the molecule is CC1CCCC(CO)(NC(C)CC(=O)O)C1. The summed E-state index contributed by atoms with van der Waals surface area (Å²) in [5.74, 6) is -0.192. The summed E-state index contributed by atoms with van der Waals surface area (Å²) in [6.07, 6.45) is 4.30. The van der Waals surface area contributed by atoms with Crippen molar-refractivity contribution in [2.24, 2.45) is 5.92 Å². The van der Waals surface area contributed by atoms with Crippen LogP contribution in [-0.4, -0.2) is 34.4 Å². The second kappa shape index (κ2) is 5.64. The van der Waals surface area contributed by atoms with Crippen LogP contribution in [0.2, 0.25) is 0 Å². The van der Waals surface area contributed by atoms with Crippen molar-refractivity contribution >= 4 is 5.97 Å². The van der Waals surface area contributed by atoms with Gasteiger partial charge in [0.15, 0.2) is 0 Å². The number of nitrogens with one attached hydrogen (secondary N) is 1. The number of aliphatic hydroxyl groups is 1. The molecule has 16 heavy (non-hydrogen) atoms. The maximum atomic E-state index is 10.6. The molecule has 0 saturated heterocycles. The first-order chi connectivity index (χ1) is 7.47. The Labute approximate surface area is 97.0 Å². The van der Waals surface area contributed by atoms with Gasteiger partial charge in [-0.3, -0.25) is 4.79 Å². The molecule has 0 heterocycles. The number of carboxylic acid groups (broad SMARTS) is 1. The molecule has 1 aliphatic carbocycles. The molecular weight excluding hydrogens is 206 g/mol. The highest BCUT2D eigenvalue weighted by Crippen LogP contribution is 2.32. The Balaban J connectivity index is 2.55. The van der Waals surface area contributed by atoms with Crippen LogP contribution in [0.1, 0.15) is 46.0 Å². The molecule has 1 aliphatic rings. The van der Waals surface area contributed by atoms with Gasteiger partial charge in [-0.15, -0.1) is 0 Å². The summed E-state index contributed by atoms with van der Waals surface area (Å²) >= 11 is 0. The van der Waals surface area contributed by atoms with Crippen LogP contribution >= 0.6 is 0 Å². The molecule has 3 atom stereocenters. The van der Waals surface area contributed by atoms with Gasteiger partial charge in [0.25, 0.3) is 0 Å². The average Bonchev–Trinajstić information content (AvgIpc) is 2.16. The average molecular weight is 229 g/mol. The zero-order valence-electron chi connectivity index (χ0n) is 10.2. The molecular formula is C12H23NO3. The molecule has 1 rings (SSSR count). The van der Waals surface area contributed by atoms with Gasteiger partial charge in [-0.25, -0.2) is 0 Å². The lowest BCUT2D eigenvalue weighted by atomic mass is 9.76. The Morgan fingerprint density at radius 3 is 2.81 bits per heavy atom. The molecule has 0 radical (unpaired) electrons. The van der Waals surface area contributed by atoms with Crippen LogP contribution < -0.4 is 5.32 Å². The van der Waals surface area contributed by atoms with Crippen LogP contribution in [0.5, 0.6) is 0 Å². The van der Waals surface area contributed by atoms with E-state index >= 15 is 0 Å².